The first-order valence-corrected chi connectivity index (χ1v) is 6.96. The Morgan fingerprint density at radius 1 is 1.26 bits per heavy atom. The number of nitrogens with one attached hydrogen (secondary N) is 1. The van der Waals surface area contributed by atoms with E-state index in [1.807, 2.05) is 30.5 Å². The maximum Gasteiger partial charge on any atom is 0.225 e. The summed E-state index contributed by atoms with van der Waals surface area (Å²) in [6, 6.07) is 8.13. The van der Waals surface area contributed by atoms with Gasteiger partial charge < -0.3 is 10.2 Å². The van der Waals surface area contributed by atoms with E-state index >= 15 is 0 Å². The molecule has 2 aromatic rings. The molecular formula is C15H20N4. The van der Waals surface area contributed by atoms with Crippen molar-refractivity contribution in [3.8, 4) is 0 Å². The largest absolute Gasteiger partial charge is 0.344 e. The van der Waals surface area contributed by atoms with Crippen LogP contribution in [0.4, 0.5) is 5.95 Å². The third kappa shape index (κ3) is 2.84. The molecule has 19 heavy (non-hydrogen) atoms. The zero-order valence-electron chi connectivity index (χ0n) is 11.3. The molecule has 1 fully saturated rings. The third-order valence-electron chi connectivity index (χ3n) is 3.81. The minimum Gasteiger partial charge on any atom is -0.344 e. The van der Waals surface area contributed by atoms with Crippen LogP contribution in [0.2, 0.25) is 0 Å². The number of piperidine rings is 1. The van der Waals surface area contributed by atoms with E-state index in [9.17, 15) is 0 Å². The number of nitrogens with zero attached hydrogens (tertiary/aromatic N) is 3. The molecule has 1 aliphatic heterocycles. The van der Waals surface area contributed by atoms with Gasteiger partial charge in [-0.2, -0.15) is 0 Å². The third-order valence-corrected chi connectivity index (χ3v) is 3.81. The van der Waals surface area contributed by atoms with Crippen molar-refractivity contribution in [1.29, 1.82) is 0 Å². The van der Waals surface area contributed by atoms with Gasteiger partial charge in [0.15, 0.2) is 0 Å². The lowest BCUT2D eigenvalue weighted by molar-refractivity contribution is 0.377. The Morgan fingerprint density at radius 2 is 2.05 bits per heavy atom. The molecule has 0 atom stereocenters. The van der Waals surface area contributed by atoms with Gasteiger partial charge in [0.25, 0.3) is 0 Å². The van der Waals surface area contributed by atoms with E-state index in [2.05, 4.69) is 27.2 Å². The van der Waals surface area contributed by atoms with Gasteiger partial charge in [0.05, 0.1) is 5.52 Å². The molecule has 0 spiro atoms. The standard InChI is InChI=1S/C15H20N4/c1-19(11-12-6-8-16-9-7-12)15-17-10-13-4-2-3-5-14(13)18-15/h2-5,10,12,16H,6-9,11H2,1H3. The highest BCUT2D eigenvalue weighted by Crippen LogP contribution is 2.17. The number of aromatic nitrogens is 2. The predicted molar refractivity (Wildman–Crippen MR) is 78.4 cm³/mol. The van der Waals surface area contributed by atoms with Crippen LogP contribution in [0.3, 0.4) is 0 Å². The Hall–Kier alpha value is -1.68. The highest BCUT2D eigenvalue weighted by molar-refractivity contribution is 5.78. The van der Waals surface area contributed by atoms with Gasteiger partial charge in [0, 0.05) is 25.2 Å². The van der Waals surface area contributed by atoms with Crippen molar-refractivity contribution in [2.24, 2.45) is 5.92 Å². The van der Waals surface area contributed by atoms with Crippen LogP contribution in [0.25, 0.3) is 10.9 Å². The zero-order chi connectivity index (χ0) is 13.1. The van der Waals surface area contributed by atoms with E-state index in [-0.39, 0.29) is 0 Å². The summed E-state index contributed by atoms with van der Waals surface area (Å²) in [5.41, 5.74) is 1.02. The van der Waals surface area contributed by atoms with Crippen molar-refractivity contribution in [3.05, 3.63) is 30.5 Å². The molecule has 4 heteroatoms. The molecule has 0 aliphatic carbocycles. The van der Waals surface area contributed by atoms with Crippen LogP contribution in [0.1, 0.15) is 12.8 Å². The Labute approximate surface area is 113 Å². The number of hydrogen-bond acceptors (Lipinski definition) is 4. The topological polar surface area (TPSA) is 41.0 Å². The van der Waals surface area contributed by atoms with E-state index in [4.69, 9.17) is 0 Å². The average Bonchev–Trinajstić information content (AvgIpc) is 2.48. The minimum atomic E-state index is 0.751. The van der Waals surface area contributed by atoms with E-state index < -0.39 is 0 Å². The van der Waals surface area contributed by atoms with Gasteiger partial charge >= 0.3 is 0 Å². The smallest absolute Gasteiger partial charge is 0.225 e. The molecule has 0 amide bonds. The van der Waals surface area contributed by atoms with Crippen molar-refractivity contribution >= 4 is 16.9 Å². The van der Waals surface area contributed by atoms with Crippen molar-refractivity contribution in [2.45, 2.75) is 12.8 Å². The summed E-state index contributed by atoms with van der Waals surface area (Å²) in [5, 5.41) is 4.50. The first kappa shape index (κ1) is 12.4. The summed E-state index contributed by atoms with van der Waals surface area (Å²) in [5.74, 6) is 1.58. The molecule has 0 bridgehead atoms. The molecule has 0 unspecified atom stereocenters. The number of rotatable bonds is 3. The highest BCUT2D eigenvalue weighted by Gasteiger charge is 2.16. The summed E-state index contributed by atoms with van der Waals surface area (Å²) < 4.78 is 0. The second-order valence-electron chi connectivity index (χ2n) is 5.30. The molecule has 100 valence electrons. The molecule has 0 radical (unpaired) electrons. The Bertz CT molecular complexity index is 549. The SMILES string of the molecule is CN(CC1CCNCC1)c1ncc2ccccc2n1. The molecule has 1 aliphatic rings. The fraction of sp³-hybridized carbons (Fsp3) is 0.467. The lowest BCUT2D eigenvalue weighted by Crippen LogP contribution is -2.35. The maximum atomic E-state index is 4.64. The molecular weight excluding hydrogens is 236 g/mol. The number of fused-ring (bicyclic) bond motifs is 1. The van der Waals surface area contributed by atoms with Crippen LogP contribution in [0.5, 0.6) is 0 Å². The van der Waals surface area contributed by atoms with Crippen molar-refractivity contribution in [1.82, 2.24) is 15.3 Å². The maximum absolute atomic E-state index is 4.64. The monoisotopic (exact) mass is 256 g/mol. The summed E-state index contributed by atoms with van der Waals surface area (Å²) in [6.45, 7) is 3.31. The molecule has 1 aromatic carbocycles. The van der Waals surface area contributed by atoms with Gasteiger partial charge in [0.1, 0.15) is 0 Å². The van der Waals surface area contributed by atoms with Gasteiger partial charge in [-0.1, -0.05) is 18.2 Å². The van der Waals surface area contributed by atoms with Gasteiger partial charge in [-0.15, -0.1) is 0 Å². The first-order valence-electron chi connectivity index (χ1n) is 6.96. The Kier molecular flexibility index (Phi) is 3.60. The van der Waals surface area contributed by atoms with Crippen LogP contribution < -0.4 is 10.2 Å². The van der Waals surface area contributed by atoms with Crippen LogP contribution in [0.15, 0.2) is 30.5 Å². The number of anilines is 1. The molecule has 1 saturated heterocycles. The van der Waals surface area contributed by atoms with E-state index in [1.165, 1.54) is 12.8 Å². The van der Waals surface area contributed by atoms with Gasteiger partial charge in [-0.3, -0.25) is 0 Å². The molecule has 1 N–H and O–H groups in total. The molecule has 4 nitrogen and oxygen atoms in total. The summed E-state index contributed by atoms with van der Waals surface area (Å²) in [6.07, 6.45) is 4.41. The molecule has 1 aromatic heterocycles. The molecule has 3 rings (SSSR count). The summed E-state index contributed by atoms with van der Waals surface area (Å²) in [7, 11) is 2.09. The number of benzene rings is 1. The van der Waals surface area contributed by atoms with E-state index in [0.29, 0.717) is 0 Å². The zero-order valence-corrected chi connectivity index (χ0v) is 11.3. The van der Waals surface area contributed by atoms with Crippen LogP contribution >= 0.6 is 0 Å². The van der Waals surface area contributed by atoms with Crippen LogP contribution in [0, 0.1) is 5.92 Å². The predicted octanol–water partition coefficient (Wildman–Crippen LogP) is 2.07. The van der Waals surface area contributed by atoms with Crippen LogP contribution in [-0.2, 0) is 0 Å². The second-order valence-corrected chi connectivity index (χ2v) is 5.30. The van der Waals surface area contributed by atoms with E-state index in [0.717, 1.165) is 42.4 Å². The first-order chi connectivity index (χ1) is 9.33. The van der Waals surface area contributed by atoms with E-state index in [1.54, 1.807) is 0 Å². The number of para-hydroxylation sites is 1. The average molecular weight is 256 g/mol. The van der Waals surface area contributed by atoms with Crippen molar-refractivity contribution in [3.63, 3.8) is 0 Å². The fourth-order valence-corrected chi connectivity index (χ4v) is 2.68. The highest BCUT2D eigenvalue weighted by atomic mass is 15.2. The number of hydrogen-bond donors (Lipinski definition) is 1. The summed E-state index contributed by atoms with van der Waals surface area (Å²) in [4.78, 5) is 11.3. The normalized spacial score (nSPS) is 16.7. The molecule has 0 saturated carbocycles. The van der Waals surface area contributed by atoms with Crippen molar-refractivity contribution in [2.75, 3.05) is 31.6 Å². The quantitative estimate of drug-likeness (QED) is 0.912. The summed E-state index contributed by atoms with van der Waals surface area (Å²) >= 11 is 0. The van der Waals surface area contributed by atoms with Gasteiger partial charge in [-0.05, 0) is 37.9 Å². The van der Waals surface area contributed by atoms with Crippen LogP contribution in [-0.4, -0.2) is 36.6 Å². The fourth-order valence-electron chi connectivity index (χ4n) is 2.68. The van der Waals surface area contributed by atoms with Gasteiger partial charge in [0.2, 0.25) is 5.95 Å². The molecule has 2 heterocycles. The lowest BCUT2D eigenvalue weighted by Gasteiger charge is -2.27. The van der Waals surface area contributed by atoms with Gasteiger partial charge in [-0.25, -0.2) is 9.97 Å². The lowest BCUT2D eigenvalue weighted by atomic mass is 9.98. The van der Waals surface area contributed by atoms with Crippen molar-refractivity contribution < 1.29 is 0 Å². The Morgan fingerprint density at radius 3 is 2.89 bits per heavy atom. The second kappa shape index (κ2) is 5.53. The Balaban J connectivity index is 1.75. The minimum absolute atomic E-state index is 0.751.